The number of methoxy groups -OCH3 is 1. The van der Waals surface area contributed by atoms with Crippen molar-refractivity contribution in [3.05, 3.63) is 46.6 Å². The van der Waals surface area contributed by atoms with Crippen LogP contribution in [0.25, 0.3) is 10.9 Å². The zero-order chi connectivity index (χ0) is 15.7. The largest absolute Gasteiger partial charge is 0.497 e. The zero-order valence-corrected chi connectivity index (χ0v) is 13.3. The molecule has 2 aromatic heterocycles. The average molecular weight is 313 g/mol. The molecule has 1 aromatic carbocycles. The summed E-state index contributed by atoms with van der Waals surface area (Å²) in [5.41, 5.74) is 2.94. The van der Waals surface area contributed by atoms with Gasteiger partial charge in [-0.3, -0.25) is 15.1 Å². The van der Waals surface area contributed by atoms with Crippen molar-refractivity contribution in [2.45, 2.75) is 13.8 Å². The number of amides is 1. The van der Waals surface area contributed by atoms with Crippen molar-refractivity contribution >= 4 is 33.3 Å². The molecule has 0 atom stereocenters. The molecule has 0 aliphatic carbocycles. The van der Waals surface area contributed by atoms with E-state index in [1.54, 1.807) is 7.11 Å². The molecule has 0 aliphatic heterocycles. The van der Waals surface area contributed by atoms with E-state index in [9.17, 15) is 4.79 Å². The van der Waals surface area contributed by atoms with E-state index in [4.69, 9.17) is 4.74 Å². The number of fused-ring (bicyclic) bond motifs is 1. The predicted octanol–water partition coefficient (Wildman–Crippen LogP) is 3.57. The van der Waals surface area contributed by atoms with Gasteiger partial charge in [0.2, 0.25) is 0 Å². The first-order valence-electron chi connectivity index (χ1n) is 6.75. The average Bonchev–Trinajstić information content (AvgIpc) is 2.91. The molecule has 5 nitrogen and oxygen atoms in total. The molecule has 0 fully saturated rings. The fourth-order valence-corrected chi connectivity index (χ4v) is 2.87. The molecule has 3 aromatic rings. The van der Waals surface area contributed by atoms with Gasteiger partial charge in [-0.1, -0.05) is 0 Å². The topological polar surface area (TPSA) is 64.1 Å². The van der Waals surface area contributed by atoms with E-state index >= 15 is 0 Å². The highest BCUT2D eigenvalue weighted by Gasteiger charge is 2.13. The number of pyridine rings is 1. The van der Waals surface area contributed by atoms with Crippen LogP contribution in [0.1, 0.15) is 21.7 Å². The monoisotopic (exact) mass is 313 g/mol. The molecule has 0 saturated heterocycles. The number of ether oxygens (including phenoxy) is 1. The van der Waals surface area contributed by atoms with Gasteiger partial charge in [-0.05, 0) is 38.1 Å². The standard InChI is InChI=1S/C16H15N3O2S/c1-9-8-22-16(17-9)19-15(20)13-7-11-6-12(21-3)4-5-14(11)18-10(13)2/h4-8H,1-3H3,(H,17,19,20). The predicted molar refractivity (Wildman–Crippen MR) is 87.8 cm³/mol. The highest BCUT2D eigenvalue weighted by Crippen LogP contribution is 2.23. The van der Waals surface area contributed by atoms with E-state index < -0.39 is 0 Å². The summed E-state index contributed by atoms with van der Waals surface area (Å²) in [5, 5.41) is 6.16. The Morgan fingerprint density at radius 2 is 2.05 bits per heavy atom. The Balaban J connectivity index is 1.98. The second-order valence-corrected chi connectivity index (χ2v) is 5.79. The maximum atomic E-state index is 12.4. The second-order valence-electron chi connectivity index (χ2n) is 4.93. The molecular formula is C16H15N3O2S. The van der Waals surface area contributed by atoms with Gasteiger partial charge in [-0.25, -0.2) is 4.98 Å². The van der Waals surface area contributed by atoms with Gasteiger partial charge >= 0.3 is 0 Å². The number of aryl methyl sites for hydroxylation is 2. The number of rotatable bonds is 3. The van der Waals surface area contributed by atoms with E-state index in [0.717, 1.165) is 22.3 Å². The Labute approximate surface area is 132 Å². The van der Waals surface area contributed by atoms with Crippen LogP contribution in [0.3, 0.4) is 0 Å². The molecule has 6 heteroatoms. The molecule has 22 heavy (non-hydrogen) atoms. The van der Waals surface area contributed by atoms with Gasteiger partial charge in [0.15, 0.2) is 5.13 Å². The molecule has 0 spiro atoms. The lowest BCUT2D eigenvalue weighted by Crippen LogP contribution is -2.14. The normalized spacial score (nSPS) is 10.7. The molecular weight excluding hydrogens is 298 g/mol. The number of thiazole rings is 1. The Morgan fingerprint density at radius 3 is 2.73 bits per heavy atom. The minimum Gasteiger partial charge on any atom is -0.497 e. The maximum Gasteiger partial charge on any atom is 0.259 e. The number of hydrogen-bond donors (Lipinski definition) is 1. The van der Waals surface area contributed by atoms with Crippen molar-refractivity contribution in [1.82, 2.24) is 9.97 Å². The smallest absolute Gasteiger partial charge is 0.259 e. The minimum absolute atomic E-state index is 0.205. The van der Waals surface area contributed by atoms with Crippen LogP contribution in [0, 0.1) is 13.8 Å². The highest BCUT2D eigenvalue weighted by atomic mass is 32.1. The van der Waals surface area contributed by atoms with Crippen molar-refractivity contribution in [3.8, 4) is 5.75 Å². The third kappa shape index (κ3) is 2.78. The first kappa shape index (κ1) is 14.5. The van der Waals surface area contributed by atoms with E-state index in [-0.39, 0.29) is 5.91 Å². The van der Waals surface area contributed by atoms with Gasteiger partial charge in [-0.15, -0.1) is 11.3 Å². The van der Waals surface area contributed by atoms with Crippen LogP contribution in [0.4, 0.5) is 5.13 Å². The Morgan fingerprint density at radius 1 is 1.23 bits per heavy atom. The second kappa shape index (κ2) is 5.73. The van der Waals surface area contributed by atoms with Gasteiger partial charge in [0, 0.05) is 10.8 Å². The summed E-state index contributed by atoms with van der Waals surface area (Å²) in [6.45, 7) is 3.72. The molecule has 112 valence electrons. The van der Waals surface area contributed by atoms with Crippen LogP contribution >= 0.6 is 11.3 Å². The van der Waals surface area contributed by atoms with Crippen LogP contribution < -0.4 is 10.1 Å². The van der Waals surface area contributed by atoms with Crippen molar-refractivity contribution in [2.24, 2.45) is 0 Å². The number of nitrogens with one attached hydrogen (secondary N) is 1. The summed E-state index contributed by atoms with van der Waals surface area (Å²) in [6.07, 6.45) is 0. The first-order chi connectivity index (χ1) is 10.6. The summed E-state index contributed by atoms with van der Waals surface area (Å²) >= 11 is 1.40. The molecule has 3 rings (SSSR count). The number of benzene rings is 1. The lowest BCUT2D eigenvalue weighted by molar-refractivity contribution is 0.102. The minimum atomic E-state index is -0.205. The number of carbonyl (C=O) groups is 1. The van der Waals surface area contributed by atoms with Gasteiger partial charge in [-0.2, -0.15) is 0 Å². The lowest BCUT2D eigenvalue weighted by Gasteiger charge is -2.08. The lowest BCUT2D eigenvalue weighted by atomic mass is 10.1. The fraction of sp³-hybridized carbons (Fsp3) is 0.188. The van der Waals surface area contributed by atoms with Crippen LogP contribution in [0.15, 0.2) is 29.6 Å². The van der Waals surface area contributed by atoms with E-state index in [1.807, 2.05) is 43.5 Å². The van der Waals surface area contributed by atoms with Crippen LogP contribution in [-0.4, -0.2) is 23.0 Å². The van der Waals surface area contributed by atoms with E-state index in [0.29, 0.717) is 16.4 Å². The number of anilines is 1. The fourth-order valence-electron chi connectivity index (χ4n) is 2.18. The highest BCUT2D eigenvalue weighted by molar-refractivity contribution is 7.13. The molecule has 0 unspecified atom stereocenters. The summed E-state index contributed by atoms with van der Waals surface area (Å²) in [7, 11) is 1.61. The van der Waals surface area contributed by atoms with Gasteiger partial charge in [0.05, 0.1) is 29.6 Å². The quantitative estimate of drug-likeness (QED) is 0.803. The Bertz CT molecular complexity index is 858. The Hall–Kier alpha value is -2.47. The number of carbonyl (C=O) groups excluding carboxylic acids is 1. The molecule has 1 amide bonds. The van der Waals surface area contributed by atoms with Crippen LogP contribution in [0.5, 0.6) is 5.75 Å². The van der Waals surface area contributed by atoms with Gasteiger partial charge in [0.25, 0.3) is 5.91 Å². The molecule has 0 bridgehead atoms. The summed E-state index contributed by atoms with van der Waals surface area (Å²) < 4.78 is 5.21. The summed E-state index contributed by atoms with van der Waals surface area (Å²) in [5.74, 6) is 0.532. The van der Waals surface area contributed by atoms with Gasteiger partial charge in [0.1, 0.15) is 5.75 Å². The van der Waals surface area contributed by atoms with Crippen LogP contribution in [0.2, 0.25) is 0 Å². The SMILES string of the molecule is COc1ccc2nc(C)c(C(=O)Nc3nc(C)cs3)cc2c1. The van der Waals surface area contributed by atoms with Crippen molar-refractivity contribution in [2.75, 3.05) is 12.4 Å². The molecule has 0 saturated carbocycles. The third-order valence-corrected chi connectivity index (χ3v) is 4.17. The van der Waals surface area contributed by atoms with Crippen molar-refractivity contribution in [1.29, 1.82) is 0 Å². The van der Waals surface area contributed by atoms with E-state index in [2.05, 4.69) is 15.3 Å². The Kier molecular flexibility index (Phi) is 3.77. The van der Waals surface area contributed by atoms with Crippen molar-refractivity contribution < 1.29 is 9.53 Å². The number of nitrogens with zero attached hydrogens (tertiary/aromatic N) is 2. The van der Waals surface area contributed by atoms with Crippen LogP contribution in [-0.2, 0) is 0 Å². The zero-order valence-electron chi connectivity index (χ0n) is 12.5. The van der Waals surface area contributed by atoms with Crippen molar-refractivity contribution in [3.63, 3.8) is 0 Å². The maximum absolute atomic E-state index is 12.4. The number of aromatic nitrogens is 2. The summed E-state index contributed by atoms with van der Waals surface area (Å²) in [6, 6.07) is 7.43. The molecule has 0 radical (unpaired) electrons. The number of hydrogen-bond acceptors (Lipinski definition) is 5. The first-order valence-corrected chi connectivity index (χ1v) is 7.63. The van der Waals surface area contributed by atoms with Gasteiger partial charge < -0.3 is 4.74 Å². The third-order valence-electron chi connectivity index (χ3n) is 3.30. The molecule has 2 heterocycles. The molecule has 0 aliphatic rings. The summed E-state index contributed by atoms with van der Waals surface area (Å²) in [4.78, 5) is 21.2. The van der Waals surface area contributed by atoms with E-state index in [1.165, 1.54) is 11.3 Å². The molecule has 1 N–H and O–H groups in total.